The number of ketones is 1. The summed E-state index contributed by atoms with van der Waals surface area (Å²) in [6, 6.07) is 18.5. The van der Waals surface area contributed by atoms with Crippen LogP contribution in [-0.4, -0.2) is 71.9 Å². The molecule has 2 amide bonds. The van der Waals surface area contributed by atoms with Gasteiger partial charge in [-0.1, -0.05) is 60.7 Å². The standard InChI is InChI=1S/C31H38F3N3O4/c1-29(2,35)26(38)16-24(19-41-18-22-10-5-3-6-11-22)27(39)36-15-9-14-30(20-36)25(23-12-7-4-8-13-23)17-37(28(30)40)21-31(32,33)34/h3-8,10-13,24-25H,9,14-21,35H2,1-2H3/t24-,25+,30+/m1/s1. The van der Waals surface area contributed by atoms with Gasteiger partial charge < -0.3 is 20.3 Å². The van der Waals surface area contributed by atoms with E-state index < -0.39 is 41.4 Å². The molecule has 41 heavy (non-hydrogen) atoms. The van der Waals surface area contributed by atoms with Gasteiger partial charge in [0, 0.05) is 32.0 Å². The Bertz CT molecular complexity index is 1220. The molecule has 2 aliphatic rings. The molecular formula is C31H38F3N3O4. The van der Waals surface area contributed by atoms with Crippen molar-refractivity contribution in [1.82, 2.24) is 9.80 Å². The quantitative estimate of drug-likeness (QED) is 0.457. The Morgan fingerprint density at radius 2 is 1.71 bits per heavy atom. The third-order valence-electron chi connectivity index (χ3n) is 8.12. The van der Waals surface area contributed by atoms with E-state index in [9.17, 15) is 27.6 Å². The highest BCUT2D eigenvalue weighted by Crippen LogP contribution is 2.50. The molecule has 0 aliphatic carbocycles. The van der Waals surface area contributed by atoms with E-state index in [4.69, 9.17) is 10.5 Å². The highest BCUT2D eigenvalue weighted by molar-refractivity contribution is 5.93. The van der Waals surface area contributed by atoms with Crippen molar-refractivity contribution in [1.29, 1.82) is 0 Å². The van der Waals surface area contributed by atoms with Crippen LogP contribution in [0.15, 0.2) is 60.7 Å². The lowest BCUT2D eigenvalue weighted by Crippen LogP contribution is -2.54. The molecule has 10 heteroatoms. The first-order valence-corrected chi connectivity index (χ1v) is 13.9. The van der Waals surface area contributed by atoms with Crippen LogP contribution in [0.25, 0.3) is 0 Å². The largest absolute Gasteiger partial charge is 0.406 e. The van der Waals surface area contributed by atoms with Gasteiger partial charge in [0.15, 0.2) is 5.78 Å². The minimum atomic E-state index is -4.54. The molecule has 2 fully saturated rings. The Labute approximate surface area is 238 Å². The predicted molar refractivity (Wildman–Crippen MR) is 148 cm³/mol. The van der Waals surface area contributed by atoms with E-state index in [1.54, 1.807) is 30.9 Å². The van der Waals surface area contributed by atoms with E-state index in [-0.39, 0.29) is 44.4 Å². The second-order valence-electron chi connectivity index (χ2n) is 11.8. The number of hydrogen-bond acceptors (Lipinski definition) is 5. The number of likely N-dealkylation sites (tertiary alicyclic amines) is 2. The second kappa shape index (κ2) is 12.3. The Hall–Kier alpha value is -3.24. The summed E-state index contributed by atoms with van der Waals surface area (Å²) < 4.78 is 46.1. The molecule has 0 unspecified atom stereocenters. The van der Waals surface area contributed by atoms with E-state index in [0.717, 1.165) is 16.0 Å². The highest BCUT2D eigenvalue weighted by Gasteiger charge is 2.58. The van der Waals surface area contributed by atoms with Crippen molar-refractivity contribution in [2.24, 2.45) is 17.1 Å². The summed E-state index contributed by atoms with van der Waals surface area (Å²) in [5.41, 5.74) is 5.36. The lowest BCUT2D eigenvalue weighted by atomic mass is 9.69. The maximum absolute atomic E-state index is 14.0. The number of Topliss-reactive ketones (excluding diaryl/α,β-unsaturated/α-hetero) is 1. The van der Waals surface area contributed by atoms with Crippen molar-refractivity contribution in [2.45, 2.75) is 57.3 Å². The number of nitrogens with zero attached hydrogens (tertiary/aromatic N) is 2. The number of piperidine rings is 1. The number of ether oxygens (including phenoxy) is 1. The number of halogens is 3. The van der Waals surface area contributed by atoms with E-state index in [1.807, 2.05) is 48.5 Å². The molecular weight excluding hydrogens is 535 g/mol. The molecule has 222 valence electrons. The second-order valence-corrected chi connectivity index (χ2v) is 11.8. The minimum absolute atomic E-state index is 0.0199. The average molecular weight is 574 g/mol. The van der Waals surface area contributed by atoms with Crippen molar-refractivity contribution in [3.05, 3.63) is 71.8 Å². The molecule has 3 atom stereocenters. The van der Waals surface area contributed by atoms with Gasteiger partial charge in [-0.15, -0.1) is 0 Å². The van der Waals surface area contributed by atoms with Gasteiger partial charge in [-0.2, -0.15) is 13.2 Å². The van der Waals surface area contributed by atoms with Crippen molar-refractivity contribution in [3.8, 4) is 0 Å². The Balaban J connectivity index is 1.58. The number of rotatable bonds is 10. The van der Waals surface area contributed by atoms with Crippen molar-refractivity contribution in [2.75, 3.05) is 32.8 Å². The predicted octanol–water partition coefficient (Wildman–Crippen LogP) is 4.31. The van der Waals surface area contributed by atoms with Crippen LogP contribution in [0.1, 0.15) is 50.2 Å². The summed E-state index contributed by atoms with van der Waals surface area (Å²) in [5, 5.41) is 0. The van der Waals surface area contributed by atoms with Gasteiger partial charge in [0.05, 0.1) is 30.1 Å². The van der Waals surface area contributed by atoms with E-state index >= 15 is 0 Å². The molecule has 1 spiro atoms. The number of carbonyl (C=O) groups excluding carboxylic acids is 3. The summed E-state index contributed by atoms with van der Waals surface area (Å²) in [5.74, 6) is -2.60. The van der Waals surface area contributed by atoms with Crippen LogP contribution in [0.5, 0.6) is 0 Å². The summed E-state index contributed by atoms with van der Waals surface area (Å²) in [6.07, 6.45) is -3.86. The fraction of sp³-hybridized carbons (Fsp3) is 0.516. The van der Waals surface area contributed by atoms with Crippen molar-refractivity contribution >= 4 is 17.6 Å². The monoisotopic (exact) mass is 573 g/mol. The average Bonchev–Trinajstić information content (AvgIpc) is 3.17. The first-order chi connectivity index (χ1) is 19.3. The molecule has 0 radical (unpaired) electrons. The van der Waals surface area contributed by atoms with Crippen LogP contribution in [0.2, 0.25) is 0 Å². The smallest absolute Gasteiger partial charge is 0.376 e. The van der Waals surface area contributed by atoms with Gasteiger partial charge in [-0.3, -0.25) is 14.4 Å². The highest BCUT2D eigenvalue weighted by atomic mass is 19.4. The van der Waals surface area contributed by atoms with E-state index in [2.05, 4.69) is 0 Å². The third-order valence-corrected chi connectivity index (χ3v) is 8.12. The summed E-state index contributed by atoms with van der Waals surface area (Å²) >= 11 is 0. The fourth-order valence-electron chi connectivity index (χ4n) is 5.99. The fourth-order valence-corrected chi connectivity index (χ4v) is 5.99. The SMILES string of the molecule is CC(C)(N)C(=O)C[C@H](COCc1ccccc1)C(=O)N1CCC[C@@]2(C1)C(=O)N(CC(F)(F)F)C[C@H]2c1ccccc1. The maximum atomic E-state index is 14.0. The number of hydrogen-bond donors (Lipinski definition) is 1. The summed E-state index contributed by atoms with van der Waals surface area (Å²) in [6.45, 7) is 2.28. The van der Waals surface area contributed by atoms with Crippen LogP contribution in [-0.2, 0) is 25.7 Å². The topological polar surface area (TPSA) is 92.9 Å². The van der Waals surface area contributed by atoms with Gasteiger partial charge in [0.25, 0.3) is 0 Å². The number of benzene rings is 2. The Morgan fingerprint density at radius 1 is 1.07 bits per heavy atom. The van der Waals surface area contributed by atoms with Crippen LogP contribution < -0.4 is 5.73 Å². The summed E-state index contributed by atoms with van der Waals surface area (Å²) in [4.78, 5) is 43.0. The van der Waals surface area contributed by atoms with Crippen LogP contribution >= 0.6 is 0 Å². The molecule has 2 aliphatic heterocycles. The van der Waals surface area contributed by atoms with Gasteiger partial charge >= 0.3 is 6.18 Å². The van der Waals surface area contributed by atoms with Crippen molar-refractivity contribution < 1.29 is 32.3 Å². The number of nitrogens with two attached hydrogens (primary N) is 1. The lowest BCUT2D eigenvalue weighted by molar-refractivity contribution is -0.163. The number of carbonyl (C=O) groups is 3. The van der Waals surface area contributed by atoms with E-state index in [0.29, 0.717) is 19.4 Å². The van der Waals surface area contributed by atoms with Gasteiger partial charge in [0.1, 0.15) is 6.54 Å². The Kier molecular flexibility index (Phi) is 9.23. The van der Waals surface area contributed by atoms with Gasteiger partial charge in [-0.05, 0) is 37.8 Å². The van der Waals surface area contributed by atoms with Gasteiger partial charge in [-0.25, -0.2) is 0 Å². The van der Waals surface area contributed by atoms with E-state index in [1.165, 1.54) is 0 Å². The normalized spacial score (nSPS) is 22.3. The maximum Gasteiger partial charge on any atom is 0.406 e. The lowest BCUT2D eigenvalue weighted by Gasteiger charge is -2.43. The van der Waals surface area contributed by atoms with Gasteiger partial charge in [0.2, 0.25) is 11.8 Å². The zero-order chi connectivity index (χ0) is 29.8. The first kappa shape index (κ1) is 30.7. The zero-order valence-electron chi connectivity index (χ0n) is 23.5. The zero-order valence-corrected chi connectivity index (χ0v) is 23.5. The molecule has 7 nitrogen and oxygen atoms in total. The van der Waals surface area contributed by atoms with Crippen LogP contribution in [0, 0.1) is 11.3 Å². The minimum Gasteiger partial charge on any atom is -0.376 e. The molecule has 0 aromatic heterocycles. The summed E-state index contributed by atoms with van der Waals surface area (Å²) in [7, 11) is 0. The molecule has 2 N–H and O–H groups in total. The Morgan fingerprint density at radius 3 is 2.32 bits per heavy atom. The molecule has 0 bridgehead atoms. The number of alkyl halides is 3. The third kappa shape index (κ3) is 7.35. The van der Waals surface area contributed by atoms with Crippen LogP contribution in [0.3, 0.4) is 0 Å². The molecule has 0 saturated carbocycles. The molecule has 2 aromatic carbocycles. The van der Waals surface area contributed by atoms with Crippen LogP contribution in [0.4, 0.5) is 13.2 Å². The molecule has 2 heterocycles. The molecule has 4 rings (SSSR count). The molecule has 2 aromatic rings. The number of amides is 2. The first-order valence-electron chi connectivity index (χ1n) is 13.9. The molecule has 2 saturated heterocycles. The van der Waals surface area contributed by atoms with Crippen molar-refractivity contribution in [3.63, 3.8) is 0 Å².